The maximum Gasteiger partial charge on any atom is 0.219 e. The normalized spacial score (nSPS) is 16.6. The summed E-state index contributed by atoms with van der Waals surface area (Å²) in [5.74, 6) is -0.204. The Hall–Kier alpha value is -3.40. The maximum atomic E-state index is 14.1. The van der Waals surface area contributed by atoms with Gasteiger partial charge in [-0.15, -0.1) is 0 Å². The average molecular weight is 468 g/mol. The van der Waals surface area contributed by atoms with Crippen LogP contribution in [0, 0.1) is 11.6 Å². The van der Waals surface area contributed by atoms with Crippen molar-refractivity contribution in [3.8, 4) is 11.3 Å². The summed E-state index contributed by atoms with van der Waals surface area (Å²) in [5, 5.41) is 4.30. The number of carbonyl (C=O) groups is 1. The number of piperazine rings is 1. The second-order valence-corrected chi connectivity index (χ2v) is 8.85. The number of carbonyl (C=O) groups excluding carboxylic acids is 1. The molecule has 0 N–H and O–H groups in total. The van der Waals surface area contributed by atoms with Crippen LogP contribution < -0.4 is 4.90 Å². The van der Waals surface area contributed by atoms with E-state index < -0.39 is 11.6 Å². The molecule has 1 fully saturated rings. The smallest absolute Gasteiger partial charge is 0.219 e. The molecule has 0 aliphatic carbocycles. The molecule has 2 aliphatic rings. The van der Waals surface area contributed by atoms with Crippen LogP contribution in [0.4, 0.5) is 14.6 Å². The van der Waals surface area contributed by atoms with Crippen LogP contribution >= 0.6 is 0 Å². The zero-order valence-corrected chi connectivity index (χ0v) is 19.3. The van der Waals surface area contributed by atoms with Crippen LogP contribution in [0.3, 0.4) is 0 Å². The third-order valence-corrected chi connectivity index (χ3v) is 6.53. The van der Waals surface area contributed by atoms with Crippen LogP contribution in [-0.2, 0) is 31.4 Å². The van der Waals surface area contributed by atoms with E-state index in [9.17, 15) is 13.6 Å². The zero-order valence-electron chi connectivity index (χ0n) is 19.3. The average Bonchev–Trinajstić information content (AvgIpc) is 3.27. The summed E-state index contributed by atoms with van der Waals surface area (Å²) in [6.45, 7) is 5.51. The van der Waals surface area contributed by atoms with Crippen LogP contribution in [0.5, 0.6) is 0 Å². The first-order valence-corrected chi connectivity index (χ1v) is 11.4. The number of aryl methyl sites for hydroxylation is 1. The molecule has 0 saturated carbocycles. The molecule has 0 radical (unpaired) electrons. The molecule has 4 heterocycles. The lowest BCUT2D eigenvalue weighted by molar-refractivity contribution is -0.129. The third-order valence-electron chi connectivity index (χ3n) is 6.53. The predicted octanol–water partition coefficient (Wildman–Crippen LogP) is 2.38. The quantitative estimate of drug-likeness (QED) is 0.587. The number of fused-ring (bicyclic) bond motifs is 1. The van der Waals surface area contributed by atoms with Gasteiger partial charge in [-0.25, -0.2) is 18.7 Å². The monoisotopic (exact) mass is 467 g/mol. The van der Waals surface area contributed by atoms with E-state index in [1.165, 1.54) is 18.2 Å². The Morgan fingerprint density at radius 2 is 1.76 bits per heavy atom. The second-order valence-electron chi connectivity index (χ2n) is 8.85. The first kappa shape index (κ1) is 22.4. The van der Waals surface area contributed by atoms with Gasteiger partial charge in [0.15, 0.2) is 5.82 Å². The van der Waals surface area contributed by atoms with Gasteiger partial charge in [-0.1, -0.05) is 6.07 Å². The first-order valence-electron chi connectivity index (χ1n) is 11.4. The van der Waals surface area contributed by atoms with Crippen molar-refractivity contribution in [3.05, 3.63) is 59.2 Å². The highest BCUT2D eigenvalue weighted by molar-refractivity contribution is 5.74. The number of amides is 1. The highest BCUT2D eigenvalue weighted by atomic mass is 19.1. The van der Waals surface area contributed by atoms with Crippen molar-refractivity contribution >= 4 is 11.7 Å². The fourth-order valence-electron chi connectivity index (χ4n) is 4.57. The molecule has 2 aliphatic heterocycles. The van der Waals surface area contributed by atoms with Gasteiger partial charge >= 0.3 is 0 Å². The molecule has 10 heteroatoms. The van der Waals surface area contributed by atoms with Gasteiger partial charge in [0.2, 0.25) is 5.91 Å². The summed E-state index contributed by atoms with van der Waals surface area (Å²) in [6, 6.07) is 3.98. The van der Waals surface area contributed by atoms with E-state index in [0.717, 1.165) is 28.5 Å². The van der Waals surface area contributed by atoms with Crippen molar-refractivity contribution in [1.82, 2.24) is 29.5 Å². The summed E-state index contributed by atoms with van der Waals surface area (Å²) < 4.78 is 29.9. The van der Waals surface area contributed by atoms with E-state index in [2.05, 4.69) is 14.9 Å². The van der Waals surface area contributed by atoms with Crippen LogP contribution in [0.2, 0.25) is 0 Å². The fraction of sp³-hybridized carbons (Fsp3) is 0.417. The van der Waals surface area contributed by atoms with Crippen molar-refractivity contribution in [2.75, 3.05) is 37.6 Å². The molecule has 1 aromatic carbocycles. The standard InChI is InChI=1S/C24H27F2N7O/c1-16(34)33-7-6-21-22(15-33)28-23(17-12-27-30(2)13-17)24(29-21)32-10-8-31(9-11-32)14-18-19(25)4-3-5-20(18)26/h3-5,12-13H,6-11,14-15H2,1-2H3. The van der Waals surface area contributed by atoms with Crippen LogP contribution in [0.1, 0.15) is 23.9 Å². The Kier molecular flexibility index (Phi) is 5.99. The first-order chi connectivity index (χ1) is 16.4. The number of benzene rings is 1. The number of anilines is 1. The van der Waals surface area contributed by atoms with Gasteiger partial charge in [-0.3, -0.25) is 14.4 Å². The molecule has 0 spiro atoms. The minimum atomic E-state index is -0.513. The Labute approximate surface area is 196 Å². The second kappa shape index (κ2) is 9.09. The number of aromatic nitrogens is 4. The molecule has 0 atom stereocenters. The highest BCUT2D eigenvalue weighted by Crippen LogP contribution is 2.31. The van der Waals surface area contributed by atoms with Gasteiger partial charge in [-0.05, 0) is 12.1 Å². The van der Waals surface area contributed by atoms with Gasteiger partial charge in [-0.2, -0.15) is 5.10 Å². The summed E-state index contributed by atoms with van der Waals surface area (Å²) in [7, 11) is 1.85. The minimum Gasteiger partial charge on any atom is -0.352 e. The summed E-state index contributed by atoms with van der Waals surface area (Å²) in [6.07, 6.45) is 4.33. The van der Waals surface area contributed by atoms with Crippen molar-refractivity contribution in [2.45, 2.75) is 26.4 Å². The van der Waals surface area contributed by atoms with Crippen molar-refractivity contribution in [3.63, 3.8) is 0 Å². The maximum absolute atomic E-state index is 14.1. The molecular weight excluding hydrogens is 440 g/mol. The number of hydrogen-bond donors (Lipinski definition) is 0. The Balaban J connectivity index is 1.39. The lowest BCUT2D eigenvalue weighted by Crippen LogP contribution is -2.47. The van der Waals surface area contributed by atoms with E-state index in [1.54, 1.807) is 22.7 Å². The van der Waals surface area contributed by atoms with Crippen LogP contribution in [-0.4, -0.2) is 68.2 Å². The molecule has 0 unspecified atom stereocenters. The lowest BCUT2D eigenvalue weighted by atomic mass is 10.1. The number of hydrogen-bond acceptors (Lipinski definition) is 6. The summed E-state index contributed by atoms with van der Waals surface area (Å²) in [5.41, 5.74) is 3.44. The summed E-state index contributed by atoms with van der Waals surface area (Å²) in [4.78, 5) is 27.9. The van der Waals surface area contributed by atoms with Crippen molar-refractivity contribution < 1.29 is 13.6 Å². The van der Waals surface area contributed by atoms with Gasteiger partial charge < -0.3 is 9.80 Å². The molecule has 0 bridgehead atoms. The van der Waals surface area contributed by atoms with Gasteiger partial charge in [0.1, 0.15) is 17.3 Å². The van der Waals surface area contributed by atoms with Gasteiger partial charge in [0.25, 0.3) is 0 Å². The molecule has 34 heavy (non-hydrogen) atoms. The predicted molar refractivity (Wildman–Crippen MR) is 123 cm³/mol. The molecule has 8 nitrogen and oxygen atoms in total. The van der Waals surface area contributed by atoms with Crippen molar-refractivity contribution in [2.24, 2.45) is 7.05 Å². The highest BCUT2D eigenvalue weighted by Gasteiger charge is 2.28. The zero-order chi connectivity index (χ0) is 23.8. The third kappa shape index (κ3) is 4.37. The van der Waals surface area contributed by atoms with E-state index in [-0.39, 0.29) is 18.0 Å². The van der Waals surface area contributed by atoms with E-state index in [0.29, 0.717) is 45.7 Å². The number of halogens is 2. The fourth-order valence-corrected chi connectivity index (χ4v) is 4.57. The molecule has 178 valence electrons. The molecule has 3 aromatic rings. The lowest BCUT2D eigenvalue weighted by Gasteiger charge is -2.37. The minimum absolute atomic E-state index is 0.0295. The Morgan fingerprint density at radius 3 is 2.41 bits per heavy atom. The number of rotatable bonds is 4. The Bertz CT molecular complexity index is 1200. The Morgan fingerprint density at radius 1 is 1.03 bits per heavy atom. The molecular formula is C24H27F2N7O. The molecule has 5 rings (SSSR count). The summed E-state index contributed by atoms with van der Waals surface area (Å²) >= 11 is 0. The van der Waals surface area contributed by atoms with Gasteiger partial charge in [0.05, 0.1) is 24.1 Å². The van der Waals surface area contributed by atoms with Crippen molar-refractivity contribution in [1.29, 1.82) is 0 Å². The largest absolute Gasteiger partial charge is 0.352 e. The molecule has 1 saturated heterocycles. The topological polar surface area (TPSA) is 70.4 Å². The van der Waals surface area contributed by atoms with E-state index in [4.69, 9.17) is 9.97 Å². The van der Waals surface area contributed by atoms with Crippen LogP contribution in [0.25, 0.3) is 11.3 Å². The van der Waals surface area contributed by atoms with E-state index >= 15 is 0 Å². The SMILES string of the molecule is CC(=O)N1CCc2nc(N3CCN(Cc4c(F)cccc4F)CC3)c(-c3cnn(C)c3)nc2C1. The van der Waals surface area contributed by atoms with E-state index in [1.807, 2.05) is 13.2 Å². The van der Waals surface area contributed by atoms with Gasteiger partial charge in [0, 0.05) is 77.0 Å². The molecule has 2 aromatic heterocycles. The molecule has 1 amide bonds. The van der Waals surface area contributed by atoms with Crippen LogP contribution in [0.15, 0.2) is 30.6 Å². The number of nitrogens with zero attached hydrogens (tertiary/aromatic N) is 7.